The van der Waals surface area contributed by atoms with Gasteiger partial charge in [-0.3, -0.25) is 0 Å². The summed E-state index contributed by atoms with van der Waals surface area (Å²) in [5.41, 5.74) is 0. The highest BCUT2D eigenvalue weighted by molar-refractivity contribution is 7.17. The van der Waals surface area contributed by atoms with Gasteiger partial charge < -0.3 is 9.84 Å². The van der Waals surface area contributed by atoms with Crippen molar-refractivity contribution in [2.75, 3.05) is 0 Å². The van der Waals surface area contributed by atoms with Crippen molar-refractivity contribution in [3.63, 3.8) is 0 Å². The van der Waals surface area contributed by atoms with Crippen LogP contribution in [-0.4, -0.2) is 23.2 Å². The van der Waals surface area contributed by atoms with Gasteiger partial charge in [0.2, 0.25) is 0 Å². The van der Waals surface area contributed by atoms with Gasteiger partial charge in [0.25, 0.3) is 0 Å². The van der Waals surface area contributed by atoms with E-state index in [1.807, 2.05) is 0 Å². The molecule has 3 heteroatoms. The third-order valence-electron chi connectivity index (χ3n) is 2.36. The fourth-order valence-electron chi connectivity index (χ4n) is 1.42. The first-order valence-electron chi connectivity index (χ1n) is 4.68. The standard InChI is InChI=1S/C9H19O2P/c1-6(2)9(12)11-8-4-3-7(10)5-8/h6-10H,3-5,12H2,1-2H3. The van der Waals surface area contributed by atoms with Crippen molar-refractivity contribution in [2.45, 2.75) is 51.2 Å². The van der Waals surface area contributed by atoms with Gasteiger partial charge in [-0.15, -0.1) is 9.24 Å². The lowest BCUT2D eigenvalue weighted by Gasteiger charge is -2.21. The number of rotatable bonds is 3. The molecule has 4 atom stereocenters. The first-order chi connectivity index (χ1) is 5.59. The van der Waals surface area contributed by atoms with Crippen LogP contribution in [0.3, 0.4) is 0 Å². The zero-order valence-corrected chi connectivity index (χ0v) is 9.02. The highest BCUT2D eigenvalue weighted by Gasteiger charge is 2.25. The molecule has 0 bridgehead atoms. The SMILES string of the molecule is CC(C)C(P)OC1CCC(O)C1. The van der Waals surface area contributed by atoms with Crippen LogP contribution in [0.25, 0.3) is 0 Å². The van der Waals surface area contributed by atoms with Crippen LogP contribution in [0.2, 0.25) is 0 Å². The predicted molar refractivity (Wildman–Crippen MR) is 53.1 cm³/mol. The molecule has 72 valence electrons. The van der Waals surface area contributed by atoms with Gasteiger partial charge in [-0.25, -0.2) is 0 Å². The Labute approximate surface area is 76.9 Å². The lowest BCUT2D eigenvalue weighted by molar-refractivity contribution is 0.0109. The first-order valence-corrected chi connectivity index (χ1v) is 5.35. The minimum Gasteiger partial charge on any atom is -0.393 e. The summed E-state index contributed by atoms with van der Waals surface area (Å²) in [6.45, 7) is 4.28. The highest BCUT2D eigenvalue weighted by Crippen LogP contribution is 2.26. The molecule has 0 saturated heterocycles. The van der Waals surface area contributed by atoms with Crippen LogP contribution < -0.4 is 0 Å². The average molecular weight is 190 g/mol. The van der Waals surface area contributed by atoms with Gasteiger partial charge in [-0.2, -0.15) is 0 Å². The second-order valence-corrected chi connectivity index (χ2v) is 4.59. The number of aliphatic hydroxyl groups is 1. The third-order valence-corrected chi connectivity index (χ3v) is 3.29. The third kappa shape index (κ3) is 3.01. The molecule has 0 aromatic carbocycles. The molecule has 0 radical (unpaired) electrons. The summed E-state index contributed by atoms with van der Waals surface area (Å²) in [5, 5.41) is 9.26. The van der Waals surface area contributed by atoms with E-state index in [9.17, 15) is 5.11 Å². The van der Waals surface area contributed by atoms with Crippen LogP contribution in [0.1, 0.15) is 33.1 Å². The topological polar surface area (TPSA) is 29.5 Å². The number of aliphatic hydroxyl groups excluding tert-OH is 1. The number of ether oxygens (including phenoxy) is 1. The Kier molecular flexibility index (Phi) is 3.95. The van der Waals surface area contributed by atoms with Crippen LogP contribution in [-0.2, 0) is 4.74 Å². The molecule has 1 aliphatic rings. The molecule has 0 aromatic heterocycles. The smallest absolute Gasteiger partial charge is 0.0735 e. The summed E-state index contributed by atoms with van der Waals surface area (Å²) in [5.74, 6) is 0.771. The zero-order chi connectivity index (χ0) is 9.14. The molecule has 0 spiro atoms. The summed E-state index contributed by atoms with van der Waals surface area (Å²) in [4.78, 5) is 0. The lowest BCUT2D eigenvalue weighted by atomic mass is 10.2. The Morgan fingerprint density at radius 1 is 1.42 bits per heavy atom. The molecule has 1 fully saturated rings. The highest BCUT2D eigenvalue weighted by atomic mass is 31.0. The van der Waals surface area contributed by atoms with E-state index < -0.39 is 0 Å². The quantitative estimate of drug-likeness (QED) is 0.687. The molecule has 12 heavy (non-hydrogen) atoms. The van der Waals surface area contributed by atoms with Crippen LogP contribution in [0, 0.1) is 5.92 Å². The van der Waals surface area contributed by atoms with E-state index in [-0.39, 0.29) is 18.1 Å². The second-order valence-electron chi connectivity index (χ2n) is 3.93. The molecule has 0 aliphatic heterocycles. The van der Waals surface area contributed by atoms with Gasteiger partial charge in [0, 0.05) is 0 Å². The van der Waals surface area contributed by atoms with Gasteiger partial charge in [-0.05, 0) is 25.2 Å². The Morgan fingerprint density at radius 2 is 2.08 bits per heavy atom. The minimum atomic E-state index is -0.126. The molecule has 1 N–H and O–H groups in total. The number of hydrogen-bond acceptors (Lipinski definition) is 2. The molecule has 0 amide bonds. The van der Waals surface area contributed by atoms with Gasteiger partial charge >= 0.3 is 0 Å². The van der Waals surface area contributed by atoms with E-state index in [4.69, 9.17) is 4.74 Å². The van der Waals surface area contributed by atoms with Crippen LogP contribution in [0.15, 0.2) is 0 Å². The average Bonchev–Trinajstić information content (AvgIpc) is 2.35. The van der Waals surface area contributed by atoms with Crippen molar-refractivity contribution in [1.29, 1.82) is 0 Å². The largest absolute Gasteiger partial charge is 0.393 e. The van der Waals surface area contributed by atoms with Crippen molar-refractivity contribution in [2.24, 2.45) is 5.92 Å². The van der Waals surface area contributed by atoms with Crippen LogP contribution >= 0.6 is 9.24 Å². The fraction of sp³-hybridized carbons (Fsp3) is 1.00. The van der Waals surface area contributed by atoms with Gasteiger partial charge in [0.15, 0.2) is 0 Å². The van der Waals surface area contributed by atoms with Crippen molar-refractivity contribution < 1.29 is 9.84 Å². The maximum absolute atomic E-state index is 9.26. The first kappa shape index (κ1) is 10.4. The maximum atomic E-state index is 9.26. The summed E-state index contributed by atoms with van der Waals surface area (Å²) in [6, 6.07) is 0. The lowest BCUT2D eigenvalue weighted by Crippen LogP contribution is -2.20. The van der Waals surface area contributed by atoms with Gasteiger partial charge in [0.1, 0.15) is 0 Å². The van der Waals surface area contributed by atoms with Gasteiger partial charge in [0.05, 0.1) is 18.1 Å². The predicted octanol–water partition coefficient (Wildman–Crippen LogP) is 1.77. The Morgan fingerprint density at radius 3 is 2.50 bits per heavy atom. The molecule has 4 unspecified atom stereocenters. The normalized spacial score (nSPS) is 32.8. The van der Waals surface area contributed by atoms with E-state index >= 15 is 0 Å². The summed E-state index contributed by atoms with van der Waals surface area (Å²) in [7, 11) is 2.71. The van der Waals surface area contributed by atoms with Crippen molar-refractivity contribution in [3.05, 3.63) is 0 Å². The molecule has 2 nitrogen and oxygen atoms in total. The van der Waals surface area contributed by atoms with E-state index in [0.717, 1.165) is 19.3 Å². The molecule has 1 saturated carbocycles. The Balaban J connectivity index is 2.23. The summed E-state index contributed by atoms with van der Waals surface area (Å²) < 4.78 is 5.75. The van der Waals surface area contributed by atoms with Gasteiger partial charge in [-0.1, -0.05) is 13.8 Å². The monoisotopic (exact) mass is 190 g/mol. The zero-order valence-electron chi connectivity index (χ0n) is 7.86. The van der Waals surface area contributed by atoms with Crippen molar-refractivity contribution in [3.8, 4) is 0 Å². The molecule has 0 heterocycles. The molecular formula is C9H19O2P. The van der Waals surface area contributed by atoms with Crippen molar-refractivity contribution in [1.82, 2.24) is 0 Å². The Bertz CT molecular complexity index is 138. The molecular weight excluding hydrogens is 171 g/mol. The number of hydrogen-bond donors (Lipinski definition) is 1. The molecule has 1 aliphatic carbocycles. The maximum Gasteiger partial charge on any atom is 0.0735 e. The summed E-state index contributed by atoms with van der Waals surface area (Å²) >= 11 is 0. The molecule has 1 rings (SSSR count). The van der Waals surface area contributed by atoms with E-state index in [1.54, 1.807) is 0 Å². The van der Waals surface area contributed by atoms with E-state index in [2.05, 4.69) is 23.1 Å². The second kappa shape index (κ2) is 4.55. The fourth-order valence-corrected chi connectivity index (χ4v) is 1.64. The molecule has 0 aromatic rings. The Hall–Kier alpha value is 0.350. The van der Waals surface area contributed by atoms with E-state index in [0.29, 0.717) is 5.92 Å². The van der Waals surface area contributed by atoms with Crippen molar-refractivity contribution >= 4 is 9.24 Å². The van der Waals surface area contributed by atoms with Crippen LogP contribution in [0.5, 0.6) is 0 Å². The van der Waals surface area contributed by atoms with Crippen LogP contribution in [0.4, 0.5) is 0 Å². The van der Waals surface area contributed by atoms with E-state index in [1.165, 1.54) is 0 Å². The summed E-state index contributed by atoms with van der Waals surface area (Å²) in [6.07, 6.45) is 2.89. The minimum absolute atomic E-state index is 0.126.